The van der Waals surface area contributed by atoms with Crippen molar-refractivity contribution in [3.63, 3.8) is 0 Å². The Morgan fingerprint density at radius 1 is 1.47 bits per heavy atom. The molecule has 0 fully saturated rings. The molecule has 0 radical (unpaired) electrons. The molecule has 5 heteroatoms. The number of carbonyl (C=O) groups is 2. The molecule has 4 nitrogen and oxygen atoms in total. The SMILES string of the molecule is C=C(C)C(=O)NCc1cc(C(=O)O)ccc1I. The summed E-state index contributed by atoms with van der Waals surface area (Å²) in [6, 6.07) is 4.81. The van der Waals surface area contributed by atoms with Gasteiger partial charge in [-0.3, -0.25) is 4.79 Å². The molecule has 0 saturated heterocycles. The largest absolute Gasteiger partial charge is 0.478 e. The Morgan fingerprint density at radius 2 is 2.12 bits per heavy atom. The summed E-state index contributed by atoms with van der Waals surface area (Å²) in [6.45, 7) is 5.44. The molecule has 1 amide bonds. The van der Waals surface area contributed by atoms with Crippen molar-refractivity contribution >= 4 is 34.5 Å². The summed E-state index contributed by atoms with van der Waals surface area (Å²) < 4.78 is 0.912. The summed E-state index contributed by atoms with van der Waals surface area (Å²) in [7, 11) is 0. The van der Waals surface area contributed by atoms with Crippen LogP contribution >= 0.6 is 22.6 Å². The summed E-state index contributed by atoms with van der Waals surface area (Å²) in [5, 5.41) is 11.5. The van der Waals surface area contributed by atoms with E-state index in [0.717, 1.165) is 9.13 Å². The van der Waals surface area contributed by atoms with Gasteiger partial charge >= 0.3 is 5.97 Å². The van der Waals surface area contributed by atoms with Crippen LogP contribution in [0.4, 0.5) is 0 Å². The smallest absolute Gasteiger partial charge is 0.335 e. The monoisotopic (exact) mass is 345 g/mol. The molecule has 1 aromatic carbocycles. The van der Waals surface area contributed by atoms with Crippen LogP contribution in [0.5, 0.6) is 0 Å². The van der Waals surface area contributed by atoms with Gasteiger partial charge in [-0.15, -0.1) is 0 Å². The van der Waals surface area contributed by atoms with Gasteiger partial charge in [0.05, 0.1) is 5.56 Å². The standard InChI is InChI=1S/C12H12INO3/c1-7(2)11(15)14-6-9-5-8(12(16)17)3-4-10(9)13/h3-5H,1,6H2,2H3,(H,14,15)(H,16,17). The summed E-state index contributed by atoms with van der Waals surface area (Å²) >= 11 is 2.10. The average molecular weight is 345 g/mol. The number of hydrogen-bond acceptors (Lipinski definition) is 2. The van der Waals surface area contributed by atoms with E-state index in [1.165, 1.54) is 6.07 Å². The van der Waals surface area contributed by atoms with Gasteiger partial charge in [-0.05, 0) is 53.3 Å². The molecule has 0 aromatic heterocycles. The molecule has 0 spiro atoms. The fourth-order valence-electron chi connectivity index (χ4n) is 1.17. The van der Waals surface area contributed by atoms with Crippen molar-refractivity contribution in [1.82, 2.24) is 5.32 Å². The third-order valence-corrected chi connectivity index (χ3v) is 3.17. The van der Waals surface area contributed by atoms with Crippen LogP contribution in [0.15, 0.2) is 30.4 Å². The van der Waals surface area contributed by atoms with Gasteiger partial charge < -0.3 is 10.4 Å². The van der Waals surface area contributed by atoms with E-state index in [4.69, 9.17) is 5.11 Å². The van der Waals surface area contributed by atoms with E-state index in [1.807, 2.05) is 0 Å². The number of nitrogens with one attached hydrogen (secondary N) is 1. The predicted octanol–water partition coefficient (Wildman–Crippen LogP) is 2.18. The first kappa shape index (κ1) is 13.7. The second kappa shape index (κ2) is 5.81. The number of aromatic carboxylic acids is 1. The molecule has 0 saturated carbocycles. The van der Waals surface area contributed by atoms with Gasteiger partial charge in [0, 0.05) is 15.7 Å². The molecule has 0 heterocycles. The van der Waals surface area contributed by atoms with Gasteiger partial charge in [0.2, 0.25) is 5.91 Å². The van der Waals surface area contributed by atoms with Gasteiger partial charge in [0.1, 0.15) is 0 Å². The minimum absolute atomic E-state index is 0.213. The highest BCUT2D eigenvalue weighted by Crippen LogP contribution is 2.14. The number of halogens is 1. The second-order valence-corrected chi connectivity index (χ2v) is 4.74. The van der Waals surface area contributed by atoms with Crippen molar-refractivity contribution in [2.24, 2.45) is 0 Å². The molecular weight excluding hydrogens is 333 g/mol. The zero-order valence-electron chi connectivity index (χ0n) is 9.29. The number of rotatable bonds is 4. The van der Waals surface area contributed by atoms with Gasteiger partial charge in [-0.1, -0.05) is 6.58 Å². The highest BCUT2D eigenvalue weighted by molar-refractivity contribution is 14.1. The Labute approximate surface area is 113 Å². The number of carboxylic acids is 1. The maximum Gasteiger partial charge on any atom is 0.335 e. The van der Waals surface area contributed by atoms with Crippen LogP contribution in [-0.4, -0.2) is 17.0 Å². The fourth-order valence-corrected chi connectivity index (χ4v) is 1.70. The lowest BCUT2D eigenvalue weighted by molar-refractivity contribution is -0.117. The molecule has 0 atom stereocenters. The van der Waals surface area contributed by atoms with E-state index in [0.29, 0.717) is 12.1 Å². The summed E-state index contributed by atoms with van der Waals surface area (Å²) in [6.07, 6.45) is 0. The van der Waals surface area contributed by atoms with Crippen LogP contribution in [0.25, 0.3) is 0 Å². The normalized spacial score (nSPS) is 9.76. The van der Waals surface area contributed by atoms with Crippen molar-refractivity contribution < 1.29 is 14.7 Å². The Balaban J connectivity index is 2.83. The summed E-state index contributed by atoms with van der Waals surface area (Å²) in [5.41, 5.74) is 1.42. The van der Waals surface area contributed by atoms with E-state index < -0.39 is 5.97 Å². The van der Waals surface area contributed by atoms with Crippen LogP contribution < -0.4 is 5.32 Å². The van der Waals surface area contributed by atoms with Crippen LogP contribution in [-0.2, 0) is 11.3 Å². The summed E-state index contributed by atoms with van der Waals surface area (Å²) in [4.78, 5) is 22.1. The lowest BCUT2D eigenvalue weighted by Crippen LogP contribution is -2.23. The van der Waals surface area contributed by atoms with E-state index >= 15 is 0 Å². The lowest BCUT2D eigenvalue weighted by atomic mass is 10.1. The van der Waals surface area contributed by atoms with Crippen LogP contribution in [0.2, 0.25) is 0 Å². The molecule has 0 unspecified atom stereocenters. The van der Waals surface area contributed by atoms with Crippen LogP contribution in [0, 0.1) is 3.57 Å². The highest BCUT2D eigenvalue weighted by Gasteiger charge is 2.08. The zero-order valence-corrected chi connectivity index (χ0v) is 11.4. The molecule has 90 valence electrons. The van der Waals surface area contributed by atoms with E-state index in [2.05, 4.69) is 34.5 Å². The molecule has 0 aliphatic carbocycles. The van der Waals surface area contributed by atoms with Gasteiger partial charge in [-0.25, -0.2) is 4.79 Å². The maximum absolute atomic E-state index is 11.3. The molecule has 1 aromatic rings. The summed E-state index contributed by atoms with van der Waals surface area (Å²) in [5.74, 6) is -1.21. The number of carboxylic acid groups (broad SMARTS) is 1. The van der Waals surface area contributed by atoms with Crippen molar-refractivity contribution in [2.45, 2.75) is 13.5 Å². The third kappa shape index (κ3) is 3.85. The Hall–Kier alpha value is -1.37. The van der Waals surface area contributed by atoms with Gasteiger partial charge in [0.15, 0.2) is 0 Å². The molecule has 0 aliphatic rings. The third-order valence-electron chi connectivity index (χ3n) is 2.12. The van der Waals surface area contributed by atoms with Crippen molar-refractivity contribution in [3.05, 3.63) is 45.0 Å². The second-order valence-electron chi connectivity index (χ2n) is 3.57. The first-order valence-corrected chi connectivity index (χ1v) is 5.95. The zero-order chi connectivity index (χ0) is 13.0. The van der Waals surface area contributed by atoms with Crippen molar-refractivity contribution in [1.29, 1.82) is 0 Å². The minimum Gasteiger partial charge on any atom is -0.478 e. The first-order valence-electron chi connectivity index (χ1n) is 4.87. The van der Waals surface area contributed by atoms with Gasteiger partial charge in [0.25, 0.3) is 0 Å². The first-order chi connectivity index (χ1) is 7.91. The molecule has 1 rings (SSSR count). The Morgan fingerprint density at radius 3 is 2.65 bits per heavy atom. The quantitative estimate of drug-likeness (QED) is 0.649. The van der Waals surface area contributed by atoms with E-state index in [-0.39, 0.29) is 11.5 Å². The van der Waals surface area contributed by atoms with Crippen LogP contribution in [0.3, 0.4) is 0 Å². The topological polar surface area (TPSA) is 66.4 Å². The highest BCUT2D eigenvalue weighted by atomic mass is 127. The number of hydrogen-bond donors (Lipinski definition) is 2. The Bertz CT molecular complexity index is 483. The predicted molar refractivity (Wildman–Crippen MR) is 72.8 cm³/mol. The molecule has 2 N–H and O–H groups in total. The molecular formula is C12H12INO3. The van der Waals surface area contributed by atoms with E-state index in [9.17, 15) is 9.59 Å². The van der Waals surface area contributed by atoms with Gasteiger partial charge in [-0.2, -0.15) is 0 Å². The number of carbonyl (C=O) groups excluding carboxylic acids is 1. The number of amides is 1. The average Bonchev–Trinajstić information content (AvgIpc) is 2.26. The van der Waals surface area contributed by atoms with Crippen molar-refractivity contribution in [3.8, 4) is 0 Å². The lowest BCUT2D eigenvalue weighted by Gasteiger charge is -2.08. The Kier molecular flexibility index (Phi) is 4.68. The molecule has 0 bridgehead atoms. The minimum atomic E-state index is -0.978. The molecule has 17 heavy (non-hydrogen) atoms. The maximum atomic E-state index is 11.3. The fraction of sp³-hybridized carbons (Fsp3) is 0.167. The molecule has 0 aliphatic heterocycles. The van der Waals surface area contributed by atoms with Crippen LogP contribution in [0.1, 0.15) is 22.8 Å². The van der Waals surface area contributed by atoms with E-state index in [1.54, 1.807) is 19.1 Å². The number of benzene rings is 1. The van der Waals surface area contributed by atoms with Crippen molar-refractivity contribution in [2.75, 3.05) is 0 Å².